The van der Waals surface area contributed by atoms with Crippen LogP contribution in [0, 0.1) is 33.5 Å². The summed E-state index contributed by atoms with van der Waals surface area (Å²) in [6.45, 7) is 0. The summed E-state index contributed by atoms with van der Waals surface area (Å²) >= 11 is 12.4. The van der Waals surface area contributed by atoms with Gasteiger partial charge in [-0.2, -0.15) is 10.5 Å². The predicted octanol–water partition coefficient (Wildman–Crippen LogP) is 2.43. The van der Waals surface area contributed by atoms with E-state index in [0.29, 0.717) is 10.6 Å². The van der Waals surface area contributed by atoms with Gasteiger partial charge in [-0.1, -0.05) is 35.3 Å². The third kappa shape index (κ3) is 1.48. The molecule has 3 rings (SSSR count). The van der Waals surface area contributed by atoms with Gasteiger partial charge in [0.2, 0.25) is 0 Å². The molecule has 2 aliphatic rings. The van der Waals surface area contributed by atoms with Crippen LogP contribution in [0.5, 0.6) is 0 Å². The molecule has 1 aromatic carbocycles. The Morgan fingerprint density at radius 1 is 1.22 bits per heavy atom. The van der Waals surface area contributed by atoms with Gasteiger partial charge in [0.15, 0.2) is 5.41 Å². The zero-order valence-electron chi connectivity index (χ0n) is 12.3. The lowest BCUT2D eigenvalue weighted by atomic mass is 9.93. The van der Waals surface area contributed by atoms with Crippen LogP contribution in [0.15, 0.2) is 23.2 Å². The Bertz CT molecular complexity index is 809. The molecule has 0 amide bonds. The zero-order valence-corrected chi connectivity index (χ0v) is 13.8. The smallest absolute Gasteiger partial charge is 0.292 e. The van der Waals surface area contributed by atoms with Gasteiger partial charge < -0.3 is 15.2 Å². The first-order valence-corrected chi connectivity index (χ1v) is 7.40. The number of fused-ring (bicyclic) bond motifs is 1. The average Bonchev–Trinajstić information content (AvgIpc) is 3.12. The fraction of sp³-hybridized carbons (Fsp3) is 0.400. The predicted molar refractivity (Wildman–Crippen MR) is 83.7 cm³/mol. The Kier molecular flexibility index (Phi) is 3.37. The topological polar surface area (TPSA) is 104 Å². The van der Waals surface area contributed by atoms with Gasteiger partial charge in [-0.05, 0) is 11.6 Å². The number of aliphatic imine (C=N–C) groups is 1. The van der Waals surface area contributed by atoms with Crippen LogP contribution < -0.4 is 5.73 Å². The molecular formula is C15H12Cl2N4O2. The number of benzene rings is 1. The van der Waals surface area contributed by atoms with Gasteiger partial charge in [-0.25, -0.2) is 4.99 Å². The van der Waals surface area contributed by atoms with Crippen molar-refractivity contribution in [2.24, 2.45) is 21.6 Å². The molecule has 0 unspecified atom stereocenters. The minimum Gasteiger partial charge on any atom is -0.386 e. The number of methoxy groups -OCH3 is 2. The van der Waals surface area contributed by atoms with E-state index in [4.69, 9.17) is 38.4 Å². The molecule has 6 nitrogen and oxygen atoms in total. The first kappa shape index (κ1) is 16.0. The van der Waals surface area contributed by atoms with E-state index in [1.54, 1.807) is 18.2 Å². The van der Waals surface area contributed by atoms with Crippen molar-refractivity contribution in [2.75, 3.05) is 14.2 Å². The third-order valence-electron chi connectivity index (χ3n) is 4.77. The van der Waals surface area contributed by atoms with Crippen LogP contribution in [-0.4, -0.2) is 26.0 Å². The van der Waals surface area contributed by atoms with Gasteiger partial charge in [0.1, 0.15) is 11.3 Å². The van der Waals surface area contributed by atoms with Crippen molar-refractivity contribution in [3.63, 3.8) is 0 Å². The highest BCUT2D eigenvalue weighted by molar-refractivity contribution is 6.42. The molecular weight excluding hydrogens is 339 g/mol. The lowest BCUT2D eigenvalue weighted by Gasteiger charge is -2.29. The van der Waals surface area contributed by atoms with Crippen molar-refractivity contribution in [1.29, 1.82) is 10.5 Å². The van der Waals surface area contributed by atoms with Crippen LogP contribution in [0.4, 0.5) is 0 Å². The quantitative estimate of drug-likeness (QED) is 0.842. The van der Waals surface area contributed by atoms with Crippen LogP contribution >= 0.6 is 23.2 Å². The van der Waals surface area contributed by atoms with E-state index in [2.05, 4.69) is 17.1 Å². The number of halogens is 2. The first-order chi connectivity index (χ1) is 10.9. The van der Waals surface area contributed by atoms with Crippen molar-refractivity contribution < 1.29 is 9.47 Å². The highest BCUT2D eigenvalue weighted by atomic mass is 35.5. The summed E-state index contributed by atoms with van der Waals surface area (Å²) in [5, 5.41) is 20.3. The van der Waals surface area contributed by atoms with Crippen LogP contribution in [0.1, 0.15) is 11.5 Å². The van der Waals surface area contributed by atoms with Crippen molar-refractivity contribution in [3.05, 3.63) is 33.8 Å². The maximum Gasteiger partial charge on any atom is 0.292 e. The molecule has 1 aliphatic carbocycles. The monoisotopic (exact) mass is 350 g/mol. The summed E-state index contributed by atoms with van der Waals surface area (Å²) in [5.41, 5.74) is 3.74. The normalized spacial score (nSPS) is 33.3. The number of nitrogens with zero attached hydrogens (tertiary/aromatic N) is 3. The molecule has 23 heavy (non-hydrogen) atoms. The Hall–Kier alpha value is -1.83. The lowest BCUT2D eigenvalue weighted by molar-refractivity contribution is -0.230. The van der Waals surface area contributed by atoms with Crippen molar-refractivity contribution >= 4 is 29.0 Å². The fourth-order valence-corrected chi connectivity index (χ4v) is 4.15. The Labute approximate surface area is 143 Å². The second kappa shape index (κ2) is 4.83. The highest BCUT2D eigenvalue weighted by Gasteiger charge is 2.93. The molecule has 0 saturated heterocycles. The molecule has 1 fully saturated rings. The van der Waals surface area contributed by atoms with Gasteiger partial charge in [-0.3, -0.25) is 0 Å². The molecule has 0 radical (unpaired) electrons. The summed E-state index contributed by atoms with van der Waals surface area (Å²) < 4.78 is 10.8. The summed E-state index contributed by atoms with van der Waals surface area (Å²) in [5.74, 6) is -2.34. The van der Waals surface area contributed by atoms with E-state index in [1.807, 2.05) is 0 Å². The molecule has 8 heteroatoms. The van der Waals surface area contributed by atoms with Crippen LogP contribution in [0.3, 0.4) is 0 Å². The SMILES string of the molecule is COC1(OC)N=C(N)[C@]2(C#N)[C@H](c3cccc(Cl)c3Cl)[C@]12C#N. The fourth-order valence-electron chi connectivity index (χ4n) is 3.73. The second-order valence-corrected chi connectivity index (χ2v) is 6.19. The van der Waals surface area contributed by atoms with Crippen LogP contribution in [0.2, 0.25) is 10.0 Å². The molecule has 118 valence electrons. The van der Waals surface area contributed by atoms with Crippen molar-refractivity contribution in [3.8, 4) is 12.1 Å². The summed E-state index contributed by atoms with van der Waals surface area (Å²) in [7, 11) is 2.70. The van der Waals surface area contributed by atoms with Crippen LogP contribution in [-0.2, 0) is 9.47 Å². The standard InChI is InChI=1S/C15H12Cl2N4O2/c1-22-15(23-2)14(7-19)11(13(14,6-18)12(20)21-15)8-4-3-5-9(16)10(8)17/h3-5,11H,1-2H3,(H2,20,21)/t11-,13-,14-/m0/s1. The molecule has 1 aromatic rings. The zero-order chi connectivity index (χ0) is 17.0. The molecule has 2 N–H and O–H groups in total. The number of ether oxygens (including phenoxy) is 2. The summed E-state index contributed by atoms with van der Waals surface area (Å²) in [6.07, 6.45) is 0. The number of nitrogens with two attached hydrogens (primary N) is 1. The van der Waals surface area contributed by atoms with Crippen molar-refractivity contribution in [2.45, 2.75) is 11.8 Å². The number of hydrogen-bond acceptors (Lipinski definition) is 6. The van der Waals surface area contributed by atoms with E-state index in [9.17, 15) is 10.5 Å². The van der Waals surface area contributed by atoms with E-state index >= 15 is 0 Å². The Morgan fingerprint density at radius 2 is 1.87 bits per heavy atom. The molecule has 0 aromatic heterocycles. The number of hydrogen-bond donors (Lipinski definition) is 1. The van der Waals surface area contributed by atoms with Gasteiger partial charge in [-0.15, -0.1) is 0 Å². The molecule has 1 saturated carbocycles. The molecule has 0 spiro atoms. The van der Waals surface area contributed by atoms with Crippen LogP contribution in [0.25, 0.3) is 0 Å². The Balaban J connectivity index is 2.30. The number of rotatable bonds is 3. The maximum atomic E-state index is 9.90. The molecule has 1 heterocycles. The van der Waals surface area contributed by atoms with E-state index in [-0.39, 0.29) is 10.9 Å². The van der Waals surface area contributed by atoms with E-state index in [1.165, 1.54) is 14.2 Å². The molecule has 0 bridgehead atoms. The number of nitriles is 2. The lowest BCUT2D eigenvalue weighted by Crippen LogP contribution is -2.41. The maximum absolute atomic E-state index is 9.90. The minimum atomic E-state index is -1.67. The number of amidine groups is 1. The van der Waals surface area contributed by atoms with Crippen molar-refractivity contribution in [1.82, 2.24) is 0 Å². The Morgan fingerprint density at radius 3 is 2.39 bits per heavy atom. The van der Waals surface area contributed by atoms with Gasteiger partial charge in [0.05, 0.1) is 22.2 Å². The first-order valence-electron chi connectivity index (χ1n) is 6.65. The van der Waals surface area contributed by atoms with Gasteiger partial charge >= 0.3 is 0 Å². The largest absolute Gasteiger partial charge is 0.386 e. The molecule has 1 aliphatic heterocycles. The summed E-state index contributed by atoms with van der Waals surface area (Å²) in [6, 6.07) is 9.32. The van der Waals surface area contributed by atoms with Gasteiger partial charge in [0, 0.05) is 20.1 Å². The third-order valence-corrected chi connectivity index (χ3v) is 5.61. The highest BCUT2D eigenvalue weighted by Crippen LogP contribution is 2.82. The molecule has 3 atom stereocenters. The van der Waals surface area contributed by atoms with E-state index in [0.717, 1.165) is 0 Å². The average molecular weight is 351 g/mol. The second-order valence-electron chi connectivity index (χ2n) is 5.40. The van der Waals surface area contributed by atoms with E-state index < -0.39 is 22.7 Å². The van der Waals surface area contributed by atoms with Gasteiger partial charge in [0.25, 0.3) is 5.91 Å². The summed E-state index contributed by atoms with van der Waals surface area (Å²) in [4.78, 5) is 4.13. The minimum absolute atomic E-state index is 0.00806.